The number of epoxide rings is 1. The molecule has 0 bridgehead atoms. The molecule has 0 unspecified atom stereocenters. The van der Waals surface area contributed by atoms with E-state index < -0.39 is 69.2 Å². The van der Waals surface area contributed by atoms with Crippen molar-refractivity contribution >= 4 is 17.7 Å². The molecule has 12 atom stereocenters. The van der Waals surface area contributed by atoms with Gasteiger partial charge in [-0.2, -0.15) is 0 Å². The van der Waals surface area contributed by atoms with Crippen molar-refractivity contribution in [2.24, 2.45) is 28.6 Å². The van der Waals surface area contributed by atoms with Crippen molar-refractivity contribution in [3.05, 3.63) is 24.3 Å². The van der Waals surface area contributed by atoms with Crippen LogP contribution >= 0.6 is 0 Å². The highest BCUT2D eigenvalue weighted by Gasteiger charge is 2.83. The maximum Gasteiger partial charge on any atom is 0.336 e. The van der Waals surface area contributed by atoms with Crippen molar-refractivity contribution in [3.63, 3.8) is 0 Å². The second-order valence-electron chi connectivity index (χ2n) is 13.7. The van der Waals surface area contributed by atoms with Gasteiger partial charge >= 0.3 is 11.9 Å². The molecule has 9 heteroatoms. The lowest BCUT2D eigenvalue weighted by Gasteiger charge is -2.62. The third-order valence-electron chi connectivity index (χ3n) is 12.3. The molecule has 3 N–H and O–H groups in total. The normalized spacial score (nSPS) is 54.6. The van der Waals surface area contributed by atoms with Crippen molar-refractivity contribution in [1.29, 1.82) is 0 Å². The molecule has 0 aromatic heterocycles. The van der Waals surface area contributed by atoms with Gasteiger partial charge < -0.3 is 29.5 Å². The Bertz CT molecular complexity index is 1210. The van der Waals surface area contributed by atoms with E-state index in [9.17, 15) is 29.7 Å². The number of esters is 2. The van der Waals surface area contributed by atoms with E-state index in [0.29, 0.717) is 25.7 Å². The molecule has 2 saturated heterocycles. The fourth-order valence-electron chi connectivity index (χ4n) is 9.77. The van der Waals surface area contributed by atoms with Crippen LogP contribution in [0.1, 0.15) is 73.1 Å². The number of carbonyl (C=O) groups is 3. The maximum atomic E-state index is 13.5. The Morgan fingerprint density at radius 2 is 1.85 bits per heavy atom. The van der Waals surface area contributed by atoms with Gasteiger partial charge in [0.1, 0.15) is 23.4 Å². The Hall–Kier alpha value is -2.07. The predicted octanol–water partition coefficient (Wildman–Crippen LogP) is 2.15. The van der Waals surface area contributed by atoms with Crippen molar-refractivity contribution in [3.8, 4) is 0 Å². The molecule has 214 valence electrons. The molecule has 9 nitrogen and oxygen atoms in total. The largest absolute Gasteiger partial charge is 0.459 e. The van der Waals surface area contributed by atoms with Crippen molar-refractivity contribution < 1.29 is 43.9 Å². The van der Waals surface area contributed by atoms with E-state index in [1.807, 2.05) is 19.9 Å². The van der Waals surface area contributed by atoms with Gasteiger partial charge in [0.15, 0.2) is 5.78 Å². The molecule has 2 heterocycles. The van der Waals surface area contributed by atoms with Crippen LogP contribution in [0.4, 0.5) is 0 Å². The number of cyclic esters (lactones) is 1. The highest BCUT2D eigenvalue weighted by molar-refractivity contribution is 5.97. The summed E-state index contributed by atoms with van der Waals surface area (Å²) in [5.41, 5.74) is -7.43. The molecule has 0 aromatic rings. The molecule has 0 aromatic carbocycles. The van der Waals surface area contributed by atoms with E-state index in [0.717, 1.165) is 0 Å². The number of allylic oxidation sites excluding steroid dienone is 1. The van der Waals surface area contributed by atoms with Gasteiger partial charge in [0.2, 0.25) is 0 Å². The summed E-state index contributed by atoms with van der Waals surface area (Å²) in [4.78, 5) is 38.4. The number of ether oxygens (including phenoxy) is 3. The summed E-state index contributed by atoms with van der Waals surface area (Å²) in [6.07, 6.45) is 3.42. The van der Waals surface area contributed by atoms with Gasteiger partial charge in [0.25, 0.3) is 0 Å². The molecule has 1 spiro atoms. The highest BCUT2D eigenvalue weighted by Crippen LogP contribution is 2.75. The van der Waals surface area contributed by atoms with Crippen LogP contribution in [0.5, 0.6) is 0 Å². The summed E-state index contributed by atoms with van der Waals surface area (Å²) < 4.78 is 17.7. The Morgan fingerprint density at radius 3 is 2.49 bits per heavy atom. The third-order valence-corrected chi connectivity index (χ3v) is 12.3. The average molecular weight is 545 g/mol. The zero-order chi connectivity index (χ0) is 28.6. The SMILES string of the molecule is C=C1C(=O)O[C@@H]([C@@H](C)[C@]2(O)C[C@H](OC(C)=O)[C@]3(O)[C@@H]4C[C@H]5O[C@]56CC=CC(=O)[C@]6(C)[C@H]4CC[C@@]32C)C[C@@]1(C)O. The molecule has 5 fully saturated rings. The molecule has 6 rings (SSSR count). The molecule has 4 aliphatic carbocycles. The first-order chi connectivity index (χ1) is 18.0. The highest BCUT2D eigenvalue weighted by atomic mass is 16.6. The van der Waals surface area contributed by atoms with E-state index in [4.69, 9.17) is 14.2 Å². The first kappa shape index (κ1) is 27.1. The van der Waals surface area contributed by atoms with Crippen LogP contribution in [0, 0.1) is 28.6 Å². The number of hydrogen-bond donors (Lipinski definition) is 3. The van der Waals surface area contributed by atoms with Crippen molar-refractivity contribution in [1.82, 2.24) is 0 Å². The smallest absolute Gasteiger partial charge is 0.336 e. The van der Waals surface area contributed by atoms with Crippen LogP contribution < -0.4 is 0 Å². The predicted molar refractivity (Wildman–Crippen MR) is 137 cm³/mol. The Balaban J connectivity index is 1.43. The Morgan fingerprint density at radius 1 is 1.15 bits per heavy atom. The average Bonchev–Trinajstić information content (AvgIpc) is 3.53. The lowest BCUT2D eigenvalue weighted by molar-refractivity contribution is -0.257. The van der Waals surface area contributed by atoms with Crippen LogP contribution in [0.2, 0.25) is 0 Å². The van der Waals surface area contributed by atoms with E-state index >= 15 is 0 Å². The molecule has 3 saturated carbocycles. The van der Waals surface area contributed by atoms with E-state index in [2.05, 4.69) is 6.58 Å². The van der Waals surface area contributed by atoms with Crippen LogP contribution in [-0.2, 0) is 28.6 Å². The van der Waals surface area contributed by atoms with Gasteiger partial charge in [-0.25, -0.2) is 4.79 Å². The molecule has 0 radical (unpaired) electrons. The summed E-state index contributed by atoms with van der Waals surface area (Å²) in [7, 11) is 0. The van der Waals surface area contributed by atoms with Gasteiger partial charge in [-0.15, -0.1) is 0 Å². The first-order valence-corrected chi connectivity index (χ1v) is 14.1. The third kappa shape index (κ3) is 3.03. The number of rotatable bonds is 3. The lowest BCUT2D eigenvalue weighted by atomic mass is 9.42. The number of carbonyl (C=O) groups excluding carboxylic acids is 3. The zero-order valence-corrected chi connectivity index (χ0v) is 23.4. The number of fused-ring (bicyclic) bond motifs is 4. The van der Waals surface area contributed by atoms with Gasteiger partial charge in [-0.05, 0) is 57.4 Å². The second kappa shape index (κ2) is 7.81. The molecule has 2 aliphatic heterocycles. The fraction of sp³-hybridized carbons (Fsp3) is 0.767. The Kier molecular flexibility index (Phi) is 5.43. The Labute approximate surface area is 228 Å². The number of hydrogen-bond acceptors (Lipinski definition) is 9. The van der Waals surface area contributed by atoms with Crippen molar-refractivity contribution in [2.75, 3.05) is 0 Å². The number of ketones is 1. The minimum absolute atomic E-state index is 0.0135. The lowest BCUT2D eigenvalue weighted by Crippen LogP contribution is -2.71. The molecule has 6 aliphatic rings. The monoisotopic (exact) mass is 544 g/mol. The minimum atomic E-state index is -1.67. The summed E-state index contributed by atoms with van der Waals surface area (Å²) >= 11 is 0. The van der Waals surface area contributed by atoms with Gasteiger partial charge in [-0.3, -0.25) is 9.59 Å². The van der Waals surface area contributed by atoms with Crippen LogP contribution in [0.15, 0.2) is 24.3 Å². The second-order valence-corrected chi connectivity index (χ2v) is 13.7. The quantitative estimate of drug-likeness (QED) is 0.277. The van der Waals surface area contributed by atoms with Crippen LogP contribution in [0.25, 0.3) is 0 Å². The summed E-state index contributed by atoms with van der Waals surface area (Å²) in [5, 5.41) is 36.4. The van der Waals surface area contributed by atoms with E-state index in [1.54, 1.807) is 13.0 Å². The van der Waals surface area contributed by atoms with Crippen LogP contribution in [-0.4, -0.2) is 73.8 Å². The molecular formula is C30H40O9. The standard InChI is InChI=1S/C30H40O9/c1-15(20-13-25(4,34)16(2)24(33)38-20)28(35)14-23(37-17(3)31)30(36)19-12-22-29(39-22)10-7-8-21(32)27(29,6)18(19)9-11-26(28,30)5/h7-8,15,18-20,22-23,34-36H,2,9-14H2,1,3-6H3/t15-,18+,19-,20-,22-,23+,25-,26-,27+,28-,29-,30-/m1/s1. The topological polar surface area (TPSA) is 143 Å². The van der Waals surface area contributed by atoms with E-state index in [1.165, 1.54) is 13.8 Å². The maximum absolute atomic E-state index is 13.5. The first-order valence-electron chi connectivity index (χ1n) is 14.1. The van der Waals surface area contributed by atoms with Gasteiger partial charge in [0, 0.05) is 31.1 Å². The summed E-state index contributed by atoms with van der Waals surface area (Å²) in [6, 6.07) is 0. The zero-order valence-electron chi connectivity index (χ0n) is 23.4. The van der Waals surface area contributed by atoms with Gasteiger partial charge in [0.05, 0.1) is 28.3 Å². The fourth-order valence-corrected chi connectivity index (χ4v) is 9.77. The summed E-state index contributed by atoms with van der Waals surface area (Å²) in [6.45, 7) is 12.0. The summed E-state index contributed by atoms with van der Waals surface area (Å²) in [5.74, 6) is -2.74. The molecule has 39 heavy (non-hydrogen) atoms. The minimum Gasteiger partial charge on any atom is -0.459 e. The van der Waals surface area contributed by atoms with Gasteiger partial charge in [-0.1, -0.05) is 26.5 Å². The molecule has 0 amide bonds. The van der Waals surface area contributed by atoms with Crippen molar-refractivity contribution in [2.45, 2.75) is 114 Å². The molecular weight excluding hydrogens is 504 g/mol. The van der Waals surface area contributed by atoms with E-state index in [-0.39, 0.29) is 36.2 Å². The number of aliphatic hydroxyl groups is 3. The van der Waals surface area contributed by atoms with Crippen LogP contribution in [0.3, 0.4) is 0 Å².